The van der Waals surface area contributed by atoms with Crippen molar-refractivity contribution in [2.75, 3.05) is 20.1 Å². The zero-order chi connectivity index (χ0) is 14.5. The third-order valence-corrected chi connectivity index (χ3v) is 4.41. The first-order valence-electron chi connectivity index (χ1n) is 8.11. The van der Waals surface area contributed by atoms with Crippen LogP contribution < -0.4 is 5.32 Å². The first-order valence-corrected chi connectivity index (χ1v) is 8.11. The molecule has 20 heavy (non-hydrogen) atoms. The van der Waals surface area contributed by atoms with Gasteiger partial charge in [-0.2, -0.15) is 5.10 Å². The second kappa shape index (κ2) is 7.23. The van der Waals surface area contributed by atoms with Gasteiger partial charge in [0, 0.05) is 18.8 Å². The largest absolute Gasteiger partial charge is 0.319 e. The van der Waals surface area contributed by atoms with E-state index in [2.05, 4.69) is 53.9 Å². The molecule has 1 aromatic heterocycles. The highest BCUT2D eigenvalue weighted by molar-refractivity contribution is 5.11. The van der Waals surface area contributed by atoms with Crippen LogP contribution in [0, 0.1) is 5.92 Å². The number of hydrogen-bond donors (Lipinski definition) is 1. The molecule has 0 amide bonds. The Labute approximate surface area is 123 Å². The molecule has 4 nitrogen and oxygen atoms in total. The van der Waals surface area contributed by atoms with Crippen molar-refractivity contribution in [3.8, 4) is 0 Å². The normalized spacial score (nSPS) is 24.4. The van der Waals surface area contributed by atoms with Crippen molar-refractivity contribution in [3.05, 3.63) is 18.0 Å². The van der Waals surface area contributed by atoms with Crippen molar-refractivity contribution in [3.63, 3.8) is 0 Å². The van der Waals surface area contributed by atoms with E-state index in [1.54, 1.807) is 0 Å². The lowest BCUT2D eigenvalue weighted by Crippen LogP contribution is -2.46. The minimum absolute atomic E-state index is 0.505. The summed E-state index contributed by atoms with van der Waals surface area (Å²) in [6.45, 7) is 10.2. The third-order valence-electron chi connectivity index (χ3n) is 4.41. The fourth-order valence-electron chi connectivity index (χ4n) is 3.56. The standard InChI is InChI=1S/C16H30N4/c1-5-10-20-15(8-9-18-20)16-14(12-17-4)7-6-11-19(16)13(2)3/h8-9,13-14,16-17H,5-7,10-12H2,1-4H3. The molecule has 0 saturated carbocycles. The molecular formula is C16H30N4. The van der Waals surface area contributed by atoms with Crippen molar-refractivity contribution in [1.82, 2.24) is 20.0 Å². The van der Waals surface area contributed by atoms with Crippen LogP contribution in [-0.4, -0.2) is 40.9 Å². The molecule has 2 unspecified atom stereocenters. The molecule has 0 aromatic carbocycles. The predicted molar refractivity (Wildman–Crippen MR) is 83.8 cm³/mol. The van der Waals surface area contributed by atoms with Gasteiger partial charge in [0.1, 0.15) is 0 Å². The second-order valence-electron chi connectivity index (χ2n) is 6.22. The Hall–Kier alpha value is -0.870. The highest BCUT2D eigenvalue weighted by Gasteiger charge is 2.35. The van der Waals surface area contributed by atoms with Crippen LogP contribution in [0.25, 0.3) is 0 Å². The van der Waals surface area contributed by atoms with Crippen LogP contribution in [0.2, 0.25) is 0 Å². The Morgan fingerprint density at radius 2 is 2.25 bits per heavy atom. The van der Waals surface area contributed by atoms with Crippen molar-refractivity contribution in [1.29, 1.82) is 0 Å². The molecule has 0 radical (unpaired) electrons. The van der Waals surface area contributed by atoms with E-state index in [-0.39, 0.29) is 0 Å². The maximum atomic E-state index is 4.54. The van der Waals surface area contributed by atoms with E-state index in [0.717, 1.165) is 19.5 Å². The Morgan fingerprint density at radius 1 is 1.45 bits per heavy atom. The first kappa shape index (κ1) is 15.5. The van der Waals surface area contributed by atoms with E-state index in [1.807, 2.05) is 6.20 Å². The number of piperidine rings is 1. The van der Waals surface area contributed by atoms with Crippen molar-refractivity contribution in [2.24, 2.45) is 5.92 Å². The molecule has 0 bridgehead atoms. The molecule has 1 N–H and O–H groups in total. The minimum atomic E-state index is 0.505. The highest BCUT2D eigenvalue weighted by atomic mass is 15.3. The molecular weight excluding hydrogens is 248 g/mol. The van der Waals surface area contributed by atoms with Gasteiger partial charge >= 0.3 is 0 Å². The lowest BCUT2D eigenvalue weighted by Gasteiger charge is -2.43. The van der Waals surface area contributed by atoms with Crippen LogP contribution >= 0.6 is 0 Å². The van der Waals surface area contributed by atoms with E-state index >= 15 is 0 Å². The van der Waals surface area contributed by atoms with Gasteiger partial charge in [-0.1, -0.05) is 6.92 Å². The van der Waals surface area contributed by atoms with E-state index in [4.69, 9.17) is 0 Å². The van der Waals surface area contributed by atoms with Gasteiger partial charge < -0.3 is 5.32 Å². The number of hydrogen-bond acceptors (Lipinski definition) is 3. The lowest BCUT2D eigenvalue weighted by atomic mass is 9.86. The zero-order valence-corrected chi connectivity index (χ0v) is 13.5. The molecule has 2 atom stereocenters. The van der Waals surface area contributed by atoms with Crippen LogP contribution in [0.15, 0.2) is 12.3 Å². The summed E-state index contributed by atoms with van der Waals surface area (Å²) in [4.78, 5) is 2.66. The summed E-state index contributed by atoms with van der Waals surface area (Å²) in [5.41, 5.74) is 1.40. The van der Waals surface area contributed by atoms with Gasteiger partial charge in [0.25, 0.3) is 0 Å². The molecule has 1 aliphatic rings. The van der Waals surface area contributed by atoms with Gasteiger partial charge in [0.05, 0.1) is 11.7 Å². The summed E-state index contributed by atoms with van der Waals surface area (Å²) in [6.07, 6.45) is 5.73. The average Bonchev–Trinajstić information content (AvgIpc) is 2.87. The number of nitrogens with zero attached hydrogens (tertiary/aromatic N) is 3. The fraction of sp³-hybridized carbons (Fsp3) is 0.812. The minimum Gasteiger partial charge on any atom is -0.319 e. The van der Waals surface area contributed by atoms with Gasteiger partial charge in [-0.3, -0.25) is 9.58 Å². The van der Waals surface area contributed by atoms with Crippen LogP contribution in [0.1, 0.15) is 51.8 Å². The Morgan fingerprint density at radius 3 is 2.90 bits per heavy atom. The molecule has 114 valence electrons. The maximum Gasteiger partial charge on any atom is 0.0560 e. The summed E-state index contributed by atoms with van der Waals surface area (Å²) < 4.78 is 2.22. The molecule has 4 heteroatoms. The highest BCUT2D eigenvalue weighted by Crippen LogP contribution is 2.37. The van der Waals surface area contributed by atoms with E-state index in [1.165, 1.54) is 25.1 Å². The Bertz CT molecular complexity index is 397. The topological polar surface area (TPSA) is 33.1 Å². The van der Waals surface area contributed by atoms with Crippen molar-refractivity contribution < 1.29 is 0 Å². The monoisotopic (exact) mass is 278 g/mol. The van der Waals surface area contributed by atoms with Gasteiger partial charge in [-0.05, 0) is 65.2 Å². The third kappa shape index (κ3) is 3.23. The number of aromatic nitrogens is 2. The summed E-state index contributed by atoms with van der Waals surface area (Å²) in [5, 5.41) is 7.92. The van der Waals surface area contributed by atoms with Crippen molar-refractivity contribution in [2.45, 2.75) is 58.7 Å². The summed E-state index contributed by atoms with van der Waals surface area (Å²) in [6, 6.07) is 3.32. The van der Waals surface area contributed by atoms with E-state index in [9.17, 15) is 0 Å². The summed E-state index contributed by atoms with van der Waals surface area (Å²) in [5.74, 6) is 0.684. The van der Waals surface area contributed by atoms with Gasteiger partial charge in [-0.25, -0.2) is 0 Å². The number of rotatable bonds is 6. The molecule has 1 saturated heterocycles. The first-order chi connectivity index (χ1) is 9.69. The van der Waals surface area contributed by atoms with Crippen LogP contribution in [-0.2, 0) is 6.54 Å². The molecule has 0 aliphatic carbocycles. The summed E-state index contributed by atoms with van der Waals surface area (Å²) >= 11 is 0. The fourth-order valence-corrected chi connectivity index (χ4v) is 3.56. The Balaban J connectivity index is 2.30. The Kier molecular flexibility index (Phi) is 5.61. The molecule has 2 heterocycles. The number of aryl methyl sites for hydroxylation is 1. The SMILES string of the molecule is CCCn1nccc1C1C(CNC)CCCN1C(C)C. The van der Waals surface area contributed by atoms with Crippen LogP contribution in [0.3, 0.4) is 0 Å². The van der Waals surface area contributed by atoms with Crippen LogP contribution in [0.5, 0.6) is 0 Å². The maximum absolute atomic E-state index is 4.54. The lowest BCUT2D eigenvalue weighted by molar-refractivity contribution is 0.0577. The van der Waals surface area contributed by atoms with Gasteiger partial charge in [0.15, 0.2) is 0 Å². The van der Waals surface area contributed by atoms with E-state index in [0.29, 0.717) is 18.0 Å². The molecule has 1 aliphatic heterocycles. The summed E-state index contributed by atoms with van der Waals surface area (Å²) in [7, 11) is 2.06. The predicted octanol–water partition coefficient (Wildman–Crippen LogP) is 2.67. The smallest absolute Gasteiger partial charge is 0.0560 e. The molecule has 1 fully saturated rings. The van der Waals surface area contributed by atoms with E-state index < -0.39 is 0 Å². The van der Waals surface area contributed by atoms with Gasteiger partial charge in [0.2, 0.25) is 0 Å². The molecule has 0 spiro atoms. The average molecular weight is 278 g/mol. The quantitative estimate of drug-likeness (QED) is 0.868. The second-order valence-corrected chi connectivity index (χ2v) is 6.22. The molecule has 1 aromatic rings. The van der Waals surface area contributed by atoms with Crippen molar-refractivity contribution >= 4 is 0 Å². The number of likely N-dealkylation sites (tertiary alicyclic amines) is 1. The zero-order valence-electron chi connectivity index (χ0n) is 13.5. The van der Waals surface area contributed by atoms with Crippen LogP contribution in [0.4, 0.5) is 0 Å². The number of nitrogens with one attached hydrogen (secondary N) is 1. The van der Waals surface area contributed by atoms with Gasteiger partial charge in [-0.15, -0.1) is 0 Å². The molecule has 2 rings (SSSR count).